The average Bonchev–Trinajstić information content (AvgIpc) is 2.38. The number of rotatable bonds is 5. The summed E-state index contributed by atoms with van der Waals surface area (Å²) in [7, 11) is 3.54. The Labute approximate surface area is 123 Å². The monoisotopic (exact) mass is 292 g/mol. The van der Waals surface area contributed by atoms with Crippen LogP contribution in [0.1, 0.15) is 11.4 Å². The van der Waals surface area contributed by atoms with Gasteiger partial charge in [-0.2, -0.15) is 0 Å². The van der Waals surface area contributed by atoms with E-state index in [4.69, 9.17) is 22.1 Å². The maximum absolute atomic E-state index is 5.99. The highest BCUT2D eigenvalue weighted by atomic mass is 35.5. The van der Waals surface area contributed by atoms with Crippen LogP contribution in [0.15, 0.2) is 30.3 Å². The number of nitrogens with two attached hydrogens (primary N) is 1. The number of halogens is 1. The van der Waals surface area contributed by atoms with Crippen molar-refractivity contribution in [3.63, 3.8) is 0 Å². The van der Waals surface area contributed by atoms with E-state index in [1.807, 2.05) is 36.2 Å². The Bertz CT molecular complexity index is 591. The van der Waals surface area contributed by atoms with E-state index in [1.165, 1.54) is 0 Å². The van der Waals surface area contributed by atoms with Crippen molar-refractivity contribution in [1.82, 2.24) is 9.97 Å². The molecule has 1 aromatic heterocycles. The molecule has 20 heavy (non-hydrogen) atoms. The second-order valence-electron chi connectivity index (χ2n) is 4.49. The van der Waals surface area contributed by atoms with Crippen LogP contribution in [0.5, 0.6) is 0 Å². The first kappa shape index (κ1) is 14.6. The van der Waals surface area contributed by atoms with E-state index in [1.54, 1.807) is 13.2 Å². The van der Waals surface area contributed by atoms with Gasteiger partial charge in [0.15, 0.2) is 5.82 Å². The molecule has 2 rings (SSSR count). The van der Waals surface area contributed by atoms with E-state index in [0.717, 1.165) is 16.4 Å². The summed E-state index contributed by atoms with van der Waals surface area (Å²) in [6.45, 7) is 1.02. The van der Waals surface area contributed by atoms with Crippen LogP contribution in [-0.4, -0.2) is 24.1 Å². The summed E-state index contributed by atoms with van der Waals surface area (Å²) in [6.07, 6.45) is 0. The van der Waals surface area contributed by atoms with Crippen molar-refractivity contribution in [3.05, 3.63) is 46.7 Å². The van der Waals surface area contributed by atoms with Crippen LogP contribution in [0.3, 0.4) is 0 Å². The predicted octanol–water partition coefficient (Wildman–Crippen LogP) is 2.50. The maximum Gasteiger partial charge on any atom is 0.158 e. The molecule has 0 aliphatic carbocycles. The lowest BCUT2D eigenvalue weighted by Crippen LogP contribution is -2.19. The highest BCUT2D eigenvalue weighted by molar-refractivity contribution is 6.30. The molecule has 2 aromatic rings. The third-order valence-electron chi connectivity index (χ3n) is 2.75. The molecule has 106 valence electrons. The summed E-state index contributed by atoms with van der Waals surface area (Å²) in [5.74, 6) is 1.75. The second kappa shape index (κ2) is 6.54. The van der Waals surface area contributed by atoms with Crippen LogP contribution >= 0.6 is 11.6 Å². The van der Waals surface area contributed by atoms with Crippen LogP contribution in [-0.2, 0) is 17.9 Å². The minimum Gasteiger partial charge on any atom is -0.384 e. The van der Waals surface area contributed by atoms with Gasteiger partial charge in [0.1, 0.15) is 18.2 Å². The molecule has 0 amide bonds. The van der Waals surface area contributed by atoms with Gasteiger partial charge in [-0.25, -0.2) is 9.97 Å². The molecule has 2 N–H and O–H groups in total. The fourth-order valence-electron chi connectivity index (χ4n) is 1.88. The summed E-state index contributed by atoms with van der Waals surface area (Å²) in [5, 5.41) is 0.721. The molecule has 1 aromatic carbocycles. The first-order valence-electron chi connectivity index (χ1n) is 6.16. The number of aromatic nitrogens is 2. The van der Waals surface area contributed by atoms with Gasteiger partial charge in [0.2, 0.25) is 0 Å². The lowest BCUT2D eigenvalue weighted by molar-refractivity contribution is 0.178. The van der Waals surface area contributed by atoms with Gasteiger partial charge in [-0.05, 0) is 17.7 Å². The van der Waals surface area contributed by atoms with Crippen molar-refractivity contribution in [3.8, 4) is 0 Å². The summed E-state index contributed by atoms with van der Waals surface area (Å²) in [4.78, 5) is 10.5. The molecular weight excluding hydrogens is 276 g/mol. The molecule has 5 nitrogen and oxygen atoms in total. The SMILES string of the molecule is COCc1nc(N)cc(N(C)Cc2cccc(Cl)c2)n1. The molecule has 0 bridgehead atoms. The predicted molar refractivity (Wildman–Crippen MR) is 80.7 cm³/mol. The molecule has 0 saturated heterocycles. The Morgan fingerprint density at radius 1 is 1.30 bits per heavy atom. The van der Waals surface area contributed by atoms with Gasteiger partial charge in [0, 0.05) is 31.8 Å². The van der Waals surface area contributed by atoms with Crippen molar-refractivity contribution >= 4 is 23.2 Å². The zero-order chi connectivity index (χ0) is 14.5. The summed E-state index contributed by atoms with van der Waals surface area (Å²) in [5.41, 5.74) is 6.89. The standard InChI is InChI=1S/C14H17ClN4O/c1-19(8-10-4-3-5-11(15)6-10)14-7-12(16)17-13(18-14)9-20-2/h3-7H,8-9H2,1-2H3,(H2,16,17,18). The number of hydrogen-bond acceptors (Lipinski definition) is 5. The fourth-order valence-corrected chi connectivity index (χ4v) is 2.10. The Balaban J connectivity index is 2.18. The normalized spacial score (nSPS) is 10.6. The molecule has 0 fully saturated rings. The first-order valence-corrected chi connectivity index (χ1v) is 6.54. The van der Waals surface area contributed by atoms with E-state index in [2.05, 4.69) is 9.97 Å². The smallest absolute Gasteiger partial charge is 0.158 e. The molecule has 0 atom stereocenters. The van der Waals surface area contributed by atoms with Crippen molar-refractivity contribution < 1.29 is 4.74 Å². The molecule has 1 heterocycles. The van der Waals surface area contributed by atoms with Gasteiger partial charge in [0.25, 0.3) is 0 Å². The average molecular weight is 293 g/mol. The van der Waals surface area contributed by atoms with Gasteiger partial charge in [0.05, 0.1) is 0 Å². The van der Waals surface area contributed by atoms with Gasteiger partial charge >= 0.3 is 0 Å². The van der Waals surface area contributed by atoms with E-state index < -0.39 is 0 Å². The number of nitrogens with zero attached hydrogens (tertiary/aromatic N) is 3. The lowest BCUT2D eigenvalue weighted by Gasteiger charge is -2.19. The van der Waals surface area contributed by atoms with Gasteiger partial charge in [-0.3, -0.25) is 0 Å². The molecular formula is C14H17ClN4O. The molecule has 0 aliphatic heterocycles. The highest BCUT2D eigenvalue weighted by Gasteiger charge is 2.08. The number of nitrogen functional groups attached to an aromatic ring is 1. The zero-order valence-electron chi connectivity index (χ0n) is 11.5. The molecule has 0 aliphatic rings. The number of hydrogen-bond donors (Lipinski definition) is 1. The minimum absolute atomic E-state index is 0.336. The Kier molecular flexibility index (Phi) is 4.76. The topological polar surface area (TPSA) is 64.3 Å². The van der Waals surface area contributed by atoms with Crippen LogP contribution in [0.4, 0.5) is 11.6 Å². The maximum atomic E-state index is 5.99. The minimum atomic E-state index is 0.336. The van der Waals surface area contributed by atoms with E-state index in [-0.39, 0.29) is 0 Å². The quantitative estimate of drug-likeness (QED) is 0.917. The van der Waals surface area contributed by atoms with Crippen LogP contribution < -0.4 is 10.6 Å². The van der Waals surface area contributed by atoms with Crippen LogP contribution in [0, 0.1) is 0 Å². The molecule has 0 unspecified atom stereocenters. The number of anilines is 2. The van der Waals surface area contributed by atoms with Crippen molar-refractivity contribution in [2.24, 2.45) is 0 Å². The molecule has 6 heteroatoms. The third kappa shape index (κ3) is 3.82. The number of methoxy groups -OCH3 is 1. The van der Waals surface area contributed by atoms with Gasteiger partial charge in [-0.15, -0.1) is 0 Å². The Hall–Kier alpha value is -1.85. The highest BCUT2D eigenvalue weighted by Crippen LogP contribution is 2.17. The van der Waals surface area contributed by atoms with Crippen LogP contribution in [0.2, 0.25) is 5.02 Å². The summed E-state index contributed by atoms with van der Waals surface area (Å²) >= 11 is 5.99. The van der Waals surface area contributed by atoms with Crippen molar-refractivity contribution in [1.29, 1.82) is 0 Å². The van der Waals surface area contributed by atoms with Crippen molar-refractivity contribution in [2.75, 3.05) is 24.8 Å². The van der Waals surface area contributed by atoms with E-state index in [9.17, 15) is 0 Å². The zero-order valence-corrected chi connectivity index (χ0v) is 12.3. The Morgan fingerprint density at radius 2 is 2.10 bits per heavy atom. The van der Waals surface area contributed by atoms with Crippen molar-refractivity contribution in [2.45, 2.75) is 13.2 Å². The van der Waals surface area contributed by atoms with Gasteiger partial charge < -0.3 is 15.4 Å². The van der Waals surface area contributed by atoms with Gasteiger partial charge in [-0.1, -0.05) is 23.7 Å². The molecule has 0 spiro atoms. The molecule has 0 radical (unpaired) electrons. The van der Waals surface area contributed by atoms with E-state index >= 15 is 0 Å². The fraction of sp³-hybridized carbons (Fsp3) is 0.286. The van der Waals surface area contributed by atoms with Crippen LogP contribution in [0.25, 0.3) is 0 Å². The number of benzene rings is 1. The third-order valence-corrected chi connectivity index (χ3v) is 2.99. The number of ether oxygens (including phenoxy) is 1. The Morgan fingerprint density at radius 3 is 2.80 bits per heavy atom. The molecule has 0 saturated carbocycles. The van der Waals surface area contributed by atoms with E-state index in [0.29, 0.717) is 24.8 Å². The lowest BCUT2D eigenvalue weighted by atomic mass is 10.2. The summed E-state index contributed by atoms with van der Waals surface area (Å²) in [6, 6.07) is 9.46. The second-order valence-corrected chi connectivity index (χ2v) is 4.92. The summed E-state index contributed by atoms with van der Waals surface area (Å²) < 4.78 is 5.04. The first-order chi connectivity index (χ1) is 9.58. The largest absolute Gasteiger partial charge is 0.384 e.